The van der Waals surface area contributed by atoms with Crippen LogP contribution < -0.4 is 11.1 Å². The van der Waals surface area contributed by atoms with Crippen LogP contribution in [0.2, 0.25) is 0 Å². The Hall–Kier alpha value is -2.08. The number of carbonyl (C=O) groups excluding carboxylic acids is 1. The molecule has 0 aromatic heterocycles. The lowest BCUT2D eigenvalue weighted by molar-refractivity contribution is -0.124. The first-order valence-corrected chi connectivity index (χ1v) is 6.17. The van der Waals surface area contributed by atoms with Crippen LogP contribution in [0.1, 0.15) is 18.4 Å². The second kappa shape index (κ2) is 6.19. The van der Waals surface area contributed by atoms with Crippen molar-refractivity contribution in [3.63, 3.8) is 0 Å². The summed E-state index contributed by atoms with van der Waals surface area (Å²) in [5, 5.41) is 14.2. The van der Waals surface area contributed by atoms with Gasteiger partial charge in [-0.2, -0.15) is 0 Å². The summed E-state index contributed by atoms with van der Waals surface area (Å²) in [6, 6.07) is 7.21. The van der Waals surface area contributed by atoms with E-state index in [4.69, 9.17) is 15.7 Å². The Kier molecular flexibility index (Phi) is 4.35. The summed E-state index contributed by atoms with van der Waals surface area (Å²) in [5.41, 5.74) is 7.04. The minimum atomic E-state index is -0.336. The number of hydrogen-bond acceptors (Lipinski definition) is 4. The van der Waals surface area contributed by atoms with Crippen LogP contribution in [0.5, 0.6) is 0 Å². The summed E-state index contributed by atoms with van der Waals surface area (Å²) in [4.78, 5) is 11.8. The molecule has 0 spiro atoms. The third-order valence-corrected chi connectivity index (χ3v) is 2.96. The highest BCUT2D eigenvalue weighted by Crippen LogP contribution is 2.15. The summed E-state index contributed by atoms with van der Waals surface area (Å²) in [6.45, 7) is 0.650. The maximum atomic E-state index is 11.8. The summed E-state index contributed by atoms with van der Waals surface area (Å²) in [5.74, 6) is 0.0397. The number of nitrogens with two attached hydrogens (primary N) is 1. The number of amidine groups is 1. The first-order chi connectivity index (χ1) is 9.19. The van der Waals surface area contributed by atoms with Crippen molar-refractivity contribution in [3.8, 4) is 0 Å². The second-order valence-corrected chi connectivity index (χ2v) is 4.46. The van der Waals surface area contributed by atoms with Gasteiger partial charge in [0, 0.05) is 18.7 Å². The third-order valence-electron chi connectivity index (χ3n) is 2.96. The van der Waals surface area contributed by atoms with Crippen LogP contribution >= 0.6 is 0 Å². The number of nitrogens with zero attached hydrogens (tertiary/aromatic N) is 1. The number of benzene rings is 1. The SMILES string of the molecule is NC(Cc1ccc(NC(=O)C2CCCO2)cc1)=NO. The van der Waals surface area contributed by atoms with Crippen molar-refractivity contribution in [2.75, 3.05) is 11.9 Å². The van der Waals surface area contributed by atoms with E-state index in [1.165, 1.54) is 0 Å². The molecule has 1 aromatic rings. The van der Waals surface area contributed by atoms with E-state index in [0.717, 1.165) is 18.4 Å². The molecule has 1 unspecified atom stereocenters. The normalized spacial score (nSPS) is 19.4. The van der Waals surface area contributed by atoms with Gasteiger partial charge in [0.25, 0.3) is 5.91 Å². The Balaban J connectivity index is 1.92. The average Bonchev–Trinajstić information content (AvgIpc) is 2.95. The fraction of sp³-hybridized carbons (Fsp3) is 0.385. The second-order valence-electron chi connectivity index (χ2n) is 4.46. The molecule has 0 saturated carbocycles. The standard InChI is InChI=1S/C13H17N3O3/c14-12(16-18)8-9-3-5-10(6-4-9)15-13(17)11-2-1-7-19-11/h3-6,11,18H,1-2,7-8H2,(H2,14,16)(H,15,17). The van der Waals surface area contributed by atoms with E-state index >= 15 is 0 Å². The van der Waals surface area contributed by atoms with Gasteiger partial charge in [-0.15, -0.1) is 0 Å². The fourth-order valence-electron chi connectivity index (χ4n) is 1.96. The zero-order chi connectivity index (χ0) is 13.7. The van der Waals surface area contributed by atoms with Gasteiger partial charge in [-0.25, -0.2) is 0 Å². The summed E-state index contributed by atoms with van der Waals surface area (Å²) in [6.07, 6.45) is 1.73. The van der Waals surface area contributed by atoms with E-state index in [1.807, 2.05) is 12.1 Å². The molecule has 1 aliphatic heterocycles. The molecule has 6 nitrogen and oxygen atoms in total. The number of rotatable bonds is 4. The maximum Gasteiger partial charge on any atom is 0.253 e. The Labute approximate surface area is 111 Å². The van der Waals surface area contributed by atoms with Gasteiger partial charge < -0.3 is 21.0 Å². The molecule has 1 aliphatic rings. The van der Waals surface area contributed by atoms with Crippen LogP contribution in [0.4, 0.5) is 5.69 Å². The average molecular weight is 263 g/mol. The van der Waals surface area contributed by atoms with Gasteiger partial charge in [0.15, 0.2) is 0 Å². The van der Waals surface area contributed by atoms with Gasteiger partial charge >= 0.3 is 0 Å². The predicted molar refractivity (Wildman–Crippen MR) is 71.2 cm³/mol. The molecule has 1 atom stereocenters. The molecular weight excluding hydrogens is 246 g/mol. The Bertz CT molecular complexity index is 465. The molecule has 6 heteroatoms. The number of anilines is 1. The number of amides is 1. The molecule has 4 N–H and O–H groups in total. The molecule has 2 rings (SSSR count). The van der Waals surface area contributed by atoms with E-state index < -0.39 is 0 Å². The van der Waals surface area contributed by atoms with Crippen molar-refractivity contribution in [2.24, 2.45) is 10.9 Å². The maximum absolute atomic E-state index is 11.8. The van der Waals surface area contributed by atoms with Crippen molar-refractivity contribution >= 4 is 17.4 Å². The summed E-state index contributed by atoms with van der Waals surface area (Å²) < 4.78 is 5.31. The number of oxime groups is 1. The van der Waals surface area contributed by atoms with Crippen LogP contribution in [-0.2, 0) is 16.0 Å². The van der Waals surface area contributed by atoms with Crippen LogP contribution in [0.3, 0.4) is 0 Å². The Morgan fingerprint density at radius 1 is 1.47 bits per heavy atom. The number of ether oxygens (including phenoxy) is 1. The molecule has 19 heavy (non-hydrogen) atoms. The summed E-state index contributed by atoms with van der Waals surface area (Å²) in [7, 11) is 0. The highest BCUT2D eigenvalue weighted by atomic mass is 16.5. The monoisotopic (exact) mass is 263 g/mol. The Morgan fingerprint density at radius 2 is 2.21 bits per heavy atom. The van der Waals surface area contributed by atoms with Gasteiger partial charge in [0.2, 0.25) is 0 Å². The summed E-state index contributed by atoms with van der Waals surface area (Å²) >= 11 is 0. The smallest absolute Gasteiger partial charge is 0.253 e. The van der Waals surface area contributed by atoms with Gasteiger partial charge in [0.1, 0.15) is 11.9 Å². The molecule has 1 heterocycles. The van der Waals surface area contributed by atoms with Crippen molar-refractivity contribution in [1.82, 2.24) is 0 Å². The molecule has 1 amide bonds. The zero-order valence-corrected chi connectivity index (χ0v) is 10.5. The highest BCUT2D eigenvalue weighted by Gasteiger charge is 2.23. The minimum Gasteiger partial charge on any atom is -0.409 e. The van der Waals surface area contributed by atoms with E-state index in [9.17, 15) is 4.79 Å². The zero-order valence-electron chi connectivity index (χ0n) is 10.5. The lowest BCUT2D eigenvalue weighted by atomic mass is 10.1. The van der Waals surface area contributed by atoms with E-state index in [1.54, 1.807) is 12.1 Å². The van der Waals surface area contributed by atoms with E-state index in [-0.39, 0.29) is 17.8 Å². The van der Waals surface area contributed by atoms with Crippen LogP contribution in [0.15, 0.2) is 29.4 Å². The topological polar surface area (TPSA) is 96.9 Å². The quantitative estimate of drug-likeness (QED) is 0.328. The molecule has 102 valence electrons. The first kappa shape index (κ1) is 13.4. The number of hydrogen-bond donors (Lipinski definition) is 3. The van der Waals surface area contributed by atoms with Crippen LogP contribution in [0.25, 0.3) is 0 Å². The molecule has 1 aromatic carbocycles. The molecular formula is C13H17N3O3. The molecule has 0 radical (unpaired) electrons. The van der Waals surface area contributed by atoms with Crippen LogP contribution in [-0.4, -0.2) is 29.7 Å². The molecule has 0 bridgehead atoms. The number of carbonyl (C=O) groups is 1. The number of nitrogens with one attached hydrogen (secondary N) is 1. The highest BCUT2D eigenvalue weighted by molar-refractivity contribution is 5.94. The first-order valence-electron chi connectivity index (χ1n) is 6.17. The van der Waals surface area contributed by atoms with E-state index in [0.29, 0.717) is 18.7 Å². The Morgan fingerprint density at radius 3 is 2.79 bits per heavy atom. The van der Waals surface area contributed by atoms with Gasteiger partial charge in [-0.05, 0) is 30.5 Å². The minimum absolute atomic E-state index is 0.110. The van der Waals surface area contributed by atoms with E-state index in [2.05, 4.69) is 10.5 Å². The van der Waals surface area contributed by atoms with Crippen molar-refractivity contribution in [2.45, 2.75) is 25.4 Å². The van der Waals surface area contributed by atoms with Crippen molar-refractivity contribution in [1.29, 1.82) is 0 Å². The third kappa shape index (κ3) is 3.69. The van der Waals surface area contributed by atoms with Crippen molar-refractivity contribution < 1.29 is 14.7 Å². The van der Waals surface area contributed by atoms with Crippen molar-refractivity contribution in [3.05, 3.63) is 29.8 Å². The predicted octanol–water partition coefficient (Wildman–Crippen LogP) is 1.09. The van der Waals surface area contributed by atoms with Crippen LogP contribution in [0, 0.1) is 0 Å². The lowest BCUT2D eigenvalue weighted by Crippen LogP contribution is -2.26. The van der Waals surface area contributed by atoms with Gasteiger partial charge in [-0.1, -0.05) is 17.3 Å². The molecule has 0 aliphatic carbocycles. The fourth-order valence-corrected chi connectivity index (χ4v) is 1.96. The lowest BCUT2D eigenvalue weighted by Gasteiger charge is -2.10. The van der Waals surface area contributed by atoms with Gasteiger partial charge in [-0.3, -0.25) is 4.79 Å². The molecule has 1 saturated heterocycles. The largest absolute Gasteiger partial charge is 0.409 e. The molecule has 1 fully saturated rings. The van der Waals surface area contributed by atoms with Gasteiger partial charge in [0.05, 0.1) is 0 Å².